The van der Waals surface area contributed by atoms with Crippen molar-refractivity contribution in [3.63, 3.8) is 0 Å². The number of carbonyl (C=O) groups excluding carboxylic acids is 8. The van der Waals surface area contributed by atoms with E-state index in [9.17, 15) is 43.8 Å². The highest BCUT2D eigenvalue weighted by atomic mass is 35.5. The molecule has 0 saturated carbocycles. The van der Waals surface area contributed by atoms with Crippen molar-refractivity contribution < 1.29 is 53.3 Å². The van der Waals surface area contributed by atoms with Crippen LogP contribution < -0.4 is 31.9 Å². The van der Waals surface area contributed by atoms with E-state index >= 15 is 4.79 Å². The van der Waals surface area contributed by atoms with E-state index in [1.165, 1.54) is 56.8 Å². The van der Waals surface area contributed by atoms with Crippen molar-refractivity contribution in [3.8, 4) is 5.75 Å². The third kappa shape index (κ3) is 16.0. The van der Waals surface area contributed by atoms with Gasteiger partial charge in [0, 0.05) is 31.8 Å². The summed E-state index contributed by atoms with van der Waals surface area (Å²) in [6, 6.07) is 5.29. The van der Waals surface area contributed by atoms with Crippen molar-refractivity contribution in [3.05, 3.63) is 83.3 Å². The SMILES string of the molecule is C[CH-]C1NC(=O)[C@@H](NC(=O)[C@@H](NC(=O)[C@H](C)NC(=O)C/C(C)=C/Cl)[C@@H](C)CC)[C@@H](C)OC[C@H](C(C)C)NC(=O)[C@H](Cc2ccc(O)cc2)N(C)C(=O)[C@H](Cc2ccccc2)N2C(=O)[C@H](CC[C@H]2O)NC1=O. The molecule has 0 aliphatic carbocycles. The van der Waals surface area contributed by atoms with Gasteiger partial charge in [0.05, 0.1) is 18.8 Å². The average molecular weight is 1010 g/mol. The number of likely N-dealkylation sites (N-methyl/N-ethyl adjacent to an activating group) is 1. The molecule has 1 unspecified atom stereocenters. The van der Waals surface area contributed by atoms with Crippen LogP contribution in [0.25, 0.3) is 0 Å². The van der Waals surface area contributed by atoms with E-state index in [4.69, 9.17) is 16.3 Å². The summed E-state index contributed by atoms with van der Waals surface area (Å²) in [7, 11) is 1.44. The number of phenolic OH excluding ortho intramolecular Hbond substituents is 1. The third-order valence-electron chi connectivity index (χ3n) is 13.1. The third-order valence-corrected chi connectivity index (χ3v) is 13.5. The predicted molar refractivity (Wildman–Crippen MR) is 266 cm³/mol. The molecule has 8 N–H and O–H groups in total. The summed E-state index contributed by atoms with van der Waals surface area (Å²) in [5.41, 5.74) is 3.08. The molecule has 390 valence electrons. The van der Waals surface area contributed by atoms with Crippen LogP contribution in [0, 0.1) is 18.3 Å². The number of nitrogens with zero attached hydrogens (tertiary/aromatic N) is 2. The molecule has 2 aliphatic rings. The summed E-state index contributed by atoms with van der Waals surface area (Å²) >= 11 is 5.71. The Bertz CT molecular complexity index is 2210. The van der Waals surface area contributed by atoms with Crippen molar-refractivity contribution in [2.75, 3.05) is 13.7 Å². The molecule has 2 heterocycles. The van der Waals surface area contributed by atoms with Crippen LogP contribution in [-0.2, 0) is 55.9 Å². The first kappa shape index (κ1) is 57.5. The van der Waals surface area contributed by atoms with Crippen molar-refractivity contribution in [2.24, 2.45) is 11.8 Å². The minimum Gasteiger partial charge on any atom is -0.508 e. The highest BCUT2D eigenvalue weighted by Crippen LogP contribution is 2.25. The molecule has 11 atom stereocenters. The maximum Gasteiger partial charge on any atom is 0.247 e. The lowest BCUT2D eigenvalue weighted by Crippen LogP contribution is -2.65. The minimum absolute atomic E-state index is 0.00914. The largest absolute Gasteiger partial charge is 0.508 e. The van der Waals surface area contributed by atoms with Gasteiger partial charge in [-0.1, -0.05) is 93.8 Å². The minimum atomic E-state index is -1.51. The van der Waals surface area contributed by atoms with Gasteiger partial charge < -0.3 is 63.1 Å². The average Bonchev–Trinajstić information content (AvgIpc) is 3.34. The van der Waals surface area contributed by atoms with Crippen LogP contribution >= 0.6 is 11.6 Å². The van der Waals surface area contributed by atoms with Crippen LogP contribution in [0.5, 0.6) is 5.75 Å². The van der Waals surface area contributed by atoms with E-state index in [1.54, 1.807) is 56.3 Å². The smallest absolute Gasteiger partial charge is 0.247 e. The summed E-state index contributed by atoms with van der Waals surface area (Å²) in [5, 5.41) is 38.0. The molecule has 71 heavy (non-hydrogen) atoms. The Kier molecular flexibility index (Phi) is 21.8. The molecule has 4 rings (SSSR count). The number of ether oxygens (including phenoxy) is 1. The maximum atomic E-state index is 15.0. The summed E-state index contributed by atoms with van der Waals surface area (Å²) in [5.74, 6) is -6.37. The van der Waals surface area contributed by atoms with Gasteiger partial charge in [0.1, 0.15) is 48.2 Å². The topological polar surface area (TPSA) is 265 Å². The van der Waals surface area contributed by atoms with Crippen LogP contribution in [0.2, 0.25) is 0 Å². The molecular weight excluding hydrogens is 936 g/mol. The van der Waals surface area contributed by atoms with Crippen molar-refractivity contribution >= 4 is 58.9 Å². The van der Waals surface area contributed by atoms with Gasteiger partial charge in [-0.2, -0.15) is 6.92 Å². The highest BCUT2D eigenvalue weighted by Gasteiger charge is 2.45. The Balaban J connectivity index is 1.77. The Morgan fingerprint density at radius 1 is 0.859 bits per heavy atom. The van der Waals surface area contributed by atoms with Gasteiger partial charge in [-0.3, -0.25) is 38.4 Å². The summed E-state index contributed by atoms with van der Waals surface area (Å²) in [6.45, 7) is 13.2. The first-order valence-corrected chi connectivity index (χ1v) is 24.6. The molecule has 2 aromatic rings. The number of aromatic hydroxyl groups is 1. The zero-order valence-electron chi connectivity index (χ0n) is 42.1. The van der Waals surface area contributed by atoms with Gasteiger partial charge in [0.2, 0.25) is 47.3 Å². The number of fused-ring (bicyclic) bond motifs is 2. The van der Waals surface area contributed by atoms with Gasteiger partial charge in [-0.05, 0) is 74.8 Å². The number of amides is 8. The highest BCUT2D eigenvalue weighted by molar-refractivity contribution is 6.25. The number of hydrogen-bond donors (Lipinski definition) is 8. The van der Waals surface area contributed by atoms with Crippen molar-refractivity contribution in [1.82, 2.24) is 41.7 Å². The summed E-state index contributed by atoms with van der Waals surface area (Å²) < 4.78 is 6.32. The van der Waals surface area contributed by atoms with Gasteiger partial charge in [0.25, 0.3) is 0 Å². The quantitative estimate of drug-likeness (QED) is 0.120. The Labute approximate surface area is 421 Å². The number of phenols is 1. The van der Waals surface area contributed by atoms with Crippen LogP contribution in [0.3, 0.4) is 0 Å². The number of aliphatic hydroxyl groups excluding tert-OH is 1. The summed E-state index contributed by atoms with van der Waals surface area (Å²) in [4.78, 5) is 115. The maximum absolute atomic E-state index is 15.0. The van der Waals surface area contributed by atoms with E-state index in [-0.39, 0.29) is 50.4 Å². The number of carbonyl (C=O) groups is 8. The van der Waals surface area contributed by atoms with Gasteiger partial charge in [0.15, 0.2) is 0 Å². The standard InChI is InChI=1S/C51H72ClN8O11/c1-10-30(6)43(57-45(64)31(7)53-41(62)23-29(5)26-52)48(67)58-44-32(8)71-27-38(28(3)4)56-47(66)39(24-34-17-19-35(61)20-18-34)59(9)51(70)40(25-33-15-13-12-14-16-33)60-42(63)22-21-37(50(60)69)55-46(65)36(11-2)54-49(44)68/h11-20,26,28,30-32,36-40,42-44,61,63H,10,21-25,27H2,1-9H3,(H,53,62)(H,54,68)(H,55,65)(H,56,66)(H,57,64)(H,58,67)/q-1/b29-26+/t30-,31-,32+,36?,37-,38+,39-,40-,42+,43-,44-/m0/s1. The molecule has 2 bridgehead atoms. The first-order chi connectivity index (χ1) is 33.6. The fourth-order valence-electron chi connectivity index (χ4n) is 8.30. The molecule has 2 aliphatic heterocycles. The zero-order valence-corrected chi connectivity index (χ0v) is 42.8. The second-order valence-electron chi connectivity index (χ2n) is 18.9. The number of hydrogen-bond acceptors (Lipinski definition) is 11. The van der Waals surface area contributed by atoms with Crippen LogP contribution in [0.15, 0.2) is 65.7 Å². The second-order valence-corrected chi connectivity index (χ2v) is 19.1. The second kappa shape index (κ2) is 27.0. The number of halogens is 1. The number of rotatable bonds is 15. The fourth-order valence-corrected chi connectivity index (χ4v) is 8.37. The van der Waals surface area contributed by atoms with Gasteiger partial charge in [-0.15, -0.1) is 0 Å². The van der Waals surface area contributed by atoms with Gasteiger partial charge in [-0.25, -0.2) is 0 Å². The molecule has 0 aromatic heterocycles. The normalized spacial score (nSPS) is 25.6. The van der Waals surface area contributed by atoms with Crippen LogP contribution in [-0.4, -0.2) is 142 Å². The van der Waals surface area contributed by atoms with E-state index < -0.39 is 114 Å². The molecular formula is C51H72ClN8O11-. The van der Waals surface area contributed by atoms with E-state index in [0.717, 1.165) is 4.90 Å². The first-order valence-electron chi connectivity index (χ1n) is 24.2. The van der Waals surface area contributed by atoms with E-state index in [2.05, 4.69) is 31.9 Å². The van der Waals surface area contributed by atoms with Crippen LogP contribution in [0.4, 0.5) is 0 Å². The fraction of sp³-hybridized carbons (Fsp3) is 0.549. The molecule has 0 radical (unpaired) electrons. The van der Waals surface area contributed by atoms with Crippen LogP contribution in [0.1, 0.15) is 92.2 Å². The Morgan fingerprint density at radius 2 is 1.49 bits per heavy atom. The molecule has 2 saturated heterocycles. The molecule has 20 heteroatoms. The van der Waals surface area contributed by atoms with Crippen molar-refractivity contribution in [2.45, 2.75) is 155 Å². The summed E-state index contributed by atoms with van der Waals surface area (Å²) in [6.07, 6.45) is -0.978. The molecule has 2 aromatic carbocycles. The van der Waals surface area contributed by atoms with E-state index in [1.807, 2.05) is 20.8 Å². The molecule has 19 nitrogen and oxygen atoms in total. The lowest BCUT2D eigenvalue weighted by atomic mass is 9.95. The van der Waals surface area contributed by atoms with Crippen molar-refractivity contribution in [1.29, 1.82) is 0 Å². The van der Waals surface area contributed by atoms with Gasteiger partial charge >= 0.3 is 0 Å². The monoisotopic (exact) mass is 1010 g/mol. The Hall–Kier alpha value is -6.05. The lowest BCUT2D eigenvalue weighted by Gasteiger charge is -2.43. The number of aliphatic hydroxyl groups is 1. The molecule has 0 spiro atoms. The lowest BCUT2D eigenvalue weighted by molar-refractivity contribution is -0.165. The Morgan fingerprint density at radius 3 is 2.10 bits per heavy atom. The number of nitrogens with one attached hydrogen (secondary N) is 6. The van der Waals surface area contributed by atoms with E-state index in [0.29, 0.717) is 23.1 Å². The molecule has 8 amide bonds. The zero-order chi connectivity index (χ0) is 52.7. The number of piperidine rings is 1. The predicted octanol–water partition coefficient (Wildman–Crippen LogP) is 2.12. The molecule has 2 fully saturated rings. The number of benzene rings is 2.